The number of likely N-dealkylation sites (tertiary alicyclic amines) is 1. The fourth-order valence-corrected chi connectivity index (χ4v) is 2.89. The molecule has 1 rings (SSSR count). The summed E-state index contributed by atoms with van der Waals surface area (Å²) in [6, 6.07) is 2.15. The molecule has 0 bridgehead atoms. The zero-order chi connectivity index (χ0) is 12.8. The van der Waals surface area contributed by atoms with E-state index in [0.717, 1.165) is 12.0 Å². The first kappa shape index (κ1) is 15.0. The molecule has 0 radical (unpaired) electrons. The van der Waals surface area contributed by atoms with E-state index in [2.05, 4.69) is 44.8 Å². The highest BCUT2D eigenvalue weighted by Gasteiger charge is 2.21. The second-order valence-electron chi connectivity index (χ2n) is 6.18. The molecule has 2 nitrogen and oxygen atoms in total. The van der Waals surface area contributed by atoms with Gasteiger partial charge in [0.1, 0.15) is 0 Å². The Morgan fingerprint density at radius 2 is 1.82 bits per heavy atom. The van der Waals surface area contributed by atoms with Crippen LogP contribution in [0.3, 0.4) is 0 Å². The Morgan fingerprint density at radius 1 is 1.12 bits per heavy atom. The van der Waals surface area contributed by atoms with Crippen LogP contribution in [0.5, 0.6) is 0 Å². The van der Waals surface area contributed by atoms with Crippen LogP contribution in [0.1, 0.15) is 60.3 Å². The second-order valence-corrected chi connectivity index (χ2v) is 6.18. The molecule has 1 fully saturated rings. The lowest BCUT2D eigenvalue weighted by Crippen LogP contribution is -2.41. The predicted molar refractivity (Wildman–Crippen MR) is 76.4 cm³/mol. The molecule has 102 valence electrons. The number of rotatable bonds is 5. The molecular formula is C15H32N2. The van der Waals surface area contributed by atoms with Crippen LogP contribution in [0.4, 0.5) is 0 Å². The van der Waals surface area contributed by atoms with Gasteiger partial charge in [0, 0.05) is 18.1 Å². The van der Waals surface area contributed by atoms with Crippen molar-refractivity contribution in [3.05, 3.63) is 0 Å². The van der Waals surface area contributed by atoms with Gasteiger partial charge in [-0.25, -0.2) is 0 Å². The first-order chi connectivity index (χ1) is 8.04. The number of nitrogens with one attached hydrogen (secondary N) is 1. The summed E-state index contributed by atoms with van der Waals surface area (Å²) in [5.41, 5.74) is 0. The molecule has 0 aromatic carbocycles. The molecule has 1 N–H and O–H groups in total. The van der Waals surface area contributed by atoms with Crippen molar-refractivity contribution in [3.63, 3.8) is 0 Å². The van der Waals surface area contributed by atoms with Crippen LogP contribution in [0, 0.1) is 5.92 Å². The van der Waals surface area contributed by atoms with E-state index in [0.29, 0.717) is 12.1 Å². The topological polar surface area (TPSA) is 15.3 Å². The summed E-state index contributed by atoms with van der Waals surface area (Å²) in [5.74, 6) is 0.754. The van der Waals surface area contributed by atoms with Gasteiger partial charge >= 0.3 is 0 Å². The molecule has 0 aromatic rings. The number of hydrogen-bond acceptors (Lipinski definition) is 2. The fraction of sp³-hybridized carbons (Fsp3) is 1.00. The van der Waals surface area contributed by atoms with E-state index < -0.39 is 0 Å². The van der Waals surface area contributed by atoms with E-state index in [-0.39, 0.29) is 0 Å². The minimum absolute atomic E-state index is 0.700. The Labute approximate surface area is 108 Å². The third-order valence-electron chi connectivity index (χ3n) is 4.19. The van der Waals surface area contributed by atoms with E-state index in [1.54, 1.807) is 0 Å². The standard InChI is InChI=1S/C15H32N2/c1-6-15(12(2)3)16-14-8-7-10-17(11-9-14)13(4)5/h12-16H,6-11H2,1-5H3. The third-order valence-corrected chi connectivity index (χ3v) is 4.19. The monoisotopic (exact) mass is 240 g/mol. The molecule has 1 aliphatic heterocycles. The second kappa shape index (κ2) is 7.38. The van der Waals surface area contributed by atoms with Gasteiger partial charge in [-0.2, -0.15) is 0 Å². The van der Waals surface area contributed by atoms with Gasteiger partial charge in [-0.15, -0.1) is 0 Å². The van der Waals surface area contributed by atoms with Crippen molar-refractivity contribution in [1.82, 2.24) is 10.2 Å². The zero-order valence-corrected chi connectivity index (χ0v) is 12.5. The van der Waals surface area contributed by atoms with Crippen LogP contribution < -0.4 is 5.32 Å². The largest absolute Gasteiger partial charge is 0.311 e. The van der Waals surface area contributed by atoms with Gasteiger partial charge < -0.3 is 10.2 Å². The Balaban J connectivity index is 2.40. The van der Waals surface area contributed by atoms with Crippen LogP contribution in [-0.2, 0) is 0 Å². The Morgan fingerprint density at radius 3 is 2.35 bits per heavy atom. The molecule has 0 aromatic heterocycles. The van der Waals surface area contributed by atoms with E-state index in [1.807, 2.05) is 0 Å². The van der Waals surface area contributed by atoms with Crippen molar-refractivity contribution in [2.24, 2.45) is 5.92 Å². The minimum atomic E-state index is 0.700. The smallest absolute Gasteiger partial charge is 0.00900 e. The summed E-state index contributed by atoms with van der Waals surface area (Å²) >= 11 is 0. The Hall–Kier alpha value is -0.0800. The first-order valence-corrected chi connectivity index (χ1v) is 7.54. The van der Waals surface area contributed by atoms with Gasteiger partial charge in [-0.3, -0.25) is 0 Å². The highest BCUT2D eigenvalue weighted by atomic mass is 15.1. The van der Waals surface area contributed by atoms with Gasteiger partial charge in [0.2, 0.25) is 0 Å². The van der Waals surface area contributed by atoms with Crippen molar-refractivity contribution in [2.45, 2.75) is 78.4 Å². The van der Waals surface area contributed by atoms with E-state index in [9.17, 15) is 0 Å². The zero-order valence-electron chi connectivity index (χ0n) is 12.5. The van der Waals surface area contributed by atoms with Gasteiger partial charge in [-0.05, 0) is 58.5 Å². The van der Waals surface area contributed by atoms with Crippen LogP contribution in [0.15, 0.2) is 0 Å². The minimum Gasteiger partial charge on any atom is -0.311 e. The van der Waals surface area contributed by atoms with Crippen LogP contribution in [0.25, 0.3) is 0 Å². The van der Waals surface area contributed by atoms with Gasteiger partial charge in [0.05, 0.1) is 0 Å². The SMILES string of the molecule is CCC(NC1CCCN(C(C)C)CC1)C(C)C. The molecule has 2 unspecified atom stereocenters. The highest BCUT2D eigenvalue weighted by Crippen LogP contribution is 2.16. The van der Waals surface area contributed by atoms with Crippen molar-refractivity contribution in [1.29, 1.82) is 0 Å². The highest BCUT2D eigenvalue weighted by molar-refractivity contribution is 4.80. The van der Waals surface area contributed by atoms with Crippen molar-refractivity contribution in [2.75, 3.05) is 13.1 Å². The number of nitrogens with zero attached hydrogens (tertiary/aromatic N) is 1. The molecular weight excluding hydrogens is 208 g/mol. The normalized spacial score (nSPS) is 25.2. The van der Waals surface area contributed by atoms with E-state index in [4.69, 9.17) is 0 Å². The lowest BCUT2D eigenvalue weighted by Gasteiger charge is -2.27. The summed E-state index contributed by atoms with van der Waals surface area (Å²) in [7, 11) is 0. The molecule has 0 saturated carbocycles. The lowest BCUT2D eigenvalue weighted by atomic mass is 9.99. The Bertz CT molecular complexity index is 201. The summed E-state index contributed by atoms with van der Waals surface area (Å²) in [6.07, 6.45) is 5.28. The average Bonchev–Trinajstić information content (AvgIpc) is 2.50. The molecule has 0 spiro atoms. The molecule has 0 amide bonds. The summed E-state index contributed by atoms with van der Waals surface area (Å²) < 4.78 is 0. The molecule has 1 heterocycles. The lowest BCUT2D eigenvalue weighted by molar-refractivity contribution is 0.227. The van der Waals surface area contributed by atoms with Crippen LogP contribution in [0.2, 0.25) is 0 Å². The summed E-state index contributed by atoms with van der Waals surface area (Å²) in [6.45, 7) is 14.1. The fourth-order valence-electron chi connectivity index (χ4n) is 2.89. The first-order valence-electron chi connectivity index (χ1n) is 7.54. The van der Waals surface area contributed by atoms with Crippen molar-refractivity contribution >= 4 is 0 Å². The maximum atomic E-state index is 3.88. The predicted octanol–water partition coefficient (Wildman–Crippen LogP) is 3.27. The maximum Gasteiger partial charge on any atom is 0.00900 e. The summed E-state index contributed by atoms with van der Waals surface area (Å²) in [5, 5.41) is 3.88. The molecule has 17 heavy (non-hydrogen) atoms. The van der Waals surface area contributed by atoms with E-state index in [1.165, 1.54) is 38.8 Å². The summed E-state index contributed by atoms with van der Waals surface area (Å²) in [4.78, 5) is 2.62. The van der Waals surface area contributed by atoms with Crippen molar-refractivity contribution < 1.29 is 0 Å². The van der Waals surface area contributed by atoms with Gasteiger partial charge in [-0.1, -0.05) is 20.8 Å². The molecule has 1 aliphatic rings. The molecule has 2 heteroatoms. The van der Waals surface area contributed by atoms with Gasteiger partial charge in [0.25, 0.3) is 0 Å². The molecule has 1 saturated heterocycles. The van der Waals surface area contributed by atoms with E-state index >= 15 is 0 Å². The van der Waals surface area contributed by atoms with Gasteiger partial charge in [0.15, 0.2) is 0 Å². The maximum absolute atomic E-state index is 3.88. The Kier molecular flexibility index (Phi) is 6.50. The van der Waals surface area contributed by atoms with Crippen molar-refractivity contribution in [3.8, 4) is 0 Å². The molecule has 2 atom stereocenters. The quantitative estimate of drug-likeness (QED) is 0.793. The van der Waals surface area contributed by atoms with Crippen LogP contribution in [-0.4, -0.2) is 36.1 Å². The average molecular weight is 240 g/mol. The third kappa shape index (κ3) is 4.97. The van der Waals surface area contributed by atoms with Crippen LogP contribution >= 0.6 is 0 Å². The molecule has 0 aliphatic carbocycles. The number of hydrogen-bond donors (Lipinski definition) is 1.